The molecule has 0 spiro atoms. The Hall–Kier alpha value is -0.750. The first-order valence-electron chi connectivity index (χ1n) is 6.34. The van der Waals surface area contributed by atoms with Crippen LogP contribution in [0.4, 0.5) is 8.78 Å². The summed E-state index contributed by atoms with van der Waals surface area (Å²) in [4.78, 5) is 13.6. The Balaban J connectivity index is 2.27. The number of hydrogen-bond acceptors (Lipinski definition) is 3. The van der Waals surface area contributed by atoms with Crippen molar-refractivity contribution in [3.63, 3.8) is 0 Å². The normalized spacial score (nSPS) is 21.6. The number of rotatable bonds is 7. The summed E-state index contributed by atoms with van der Waals surface area (Å²) in [6, 6.07) is 0.0765. The minimum absolute atomic E-state index is 0.0288. The first kappa shape index (κ1) is 15.3. The molecule has 0 aromatic rings. The van der Waals surface area contributed by atoms with E-state index >= 15 is 0 Å². The van der Waals surface area contributed by atoms with E-state index in [9.17, 15) is 18.7 Å². The molecule has 2 atom stereocenters. The van der Waals surface area contributed by atoms with Gasteiger partial charge in [0.1, 0.15) is 6.61 Å². The summed E-state index contributed by atoms with van der Waals surface area (Å²) in [5, 5.41) is 9.34. The standard InChI is InChI=1S/C12H21F2NO3/c1-9(16)7-10-3-2-5-15(10)12(17)4-6-18-8-11(13)14/h9-11,16H,2-8H2,1H3. The Bertz CT molecular complexity index is 262. The maximum absolute atomic E-state index is 11.9. The lowest BCUT2D eigenvalue weighted by Gasteiger charge is -2.25. The fourth-order valence-electron chi connectivity index (χ4n) is 2.28. The van der Waals surface area contributed by atoms with Crippen LogP contribution in [0.25, 0.3) is 0 Å². The second-order valence-electron chi connectivity index (χ2n) is 4.68. The summed E-state index contributed by atoms with van der Waals surface area (Å²) in [5.41, 5.74) is 0. The van der Waals surface area contributed by atoms with Gasteiger partial charge in [-0.25, -0.2) is 8.78 Å². The summed E-state index contributed by atoms with van der Waals surface area (Å²) in [5.74, 6) is -0.0765. The Kier molecular flexibility index (Phi) is 6.49. The minimum Gasteiger partial charge on any atom is -0.393 e. The highest BCUT2D eigenvalue weighted by atomic mass is 19.3. The molecule has 0 aliphatic carbocycles. The van der Waals surface area contributed by atoms with Crippen LogP contribution >= 0.6 is 0 Å². The lowest BCUT2D eigenvalue weighted by molar-refractivity contribution is -0.134. The average molecular weight is 265 g/mol. The first-order valence-corrected chi connectivity index (χ1v) is 6.34. The molecule has 1 aliphatic rings. The molecule has 1 heterocycles. The van der Waals surface area contributed by atoms with Crippen LogP contribution in [0.3, 0.4) is 0 Å². The van der Waals surface area contributed by atoms with E-state index in [0.29, 0.717) is 13.0 Å². The Morgan fingerprint density at radius 1 is 1.56 bits per heavy atom. The number of aliphatic hydroxyl groups is 1. The van der Waals surface area contributed by atoms with Crippen molar-refractivity contribution in [2.45, 2.75) is 51.2 Å². The van der Waals surface area contributed by atoms with Crippen molar-refractivity contribution in [2.24, 2.45) is 0 Å². The van der Waals surface area contributed by atoms with E-state index in [-0.39, 0.29) is 25.0 Å². The van der Waals surface area contributed by atoms with E-state index in [2.05, 4.69) is 0 Å². The SMILES string of the molecule is CC(O)CC1CCCN1C(=O)CCOCC(F)F. The van der Waals surface area contributed by atoms with Crippen LogP contribution < -0.4 is 0 Å². The van der Waals surface area contributed by atoms with Gasteiger partial charge >= 0.3 is 0 Å². The van der Waals surface area contributed by atoms with Gasteiger partial charge in [-0.1, -0.05) is 0 Å². The van der Waals surface area contributed by atoms with E-state index in [1.165, 1.54) is 0 Å². The number of alkyl halides is 2. The highest BCUT2D eigenvalue weighted by Crippen LogP contribution is 2.22. The largest absolute Gasteiger partial charge is 0.393 e. The summed E-state index contributed by atoms with van der Waals surface area (Å²) in [6.45, 7) is 1.79. The highest BCUT2D eigenvalue weighted by Gasteiger charge is 2.28. The molecule has 0 bridgehead atoms. The molecular weight excluding hydrogens is 244 g/mol. The molecule has 0 aromatic heterocycles. The van der Waals surface area contributed by atoms with E-state index in [0.717, 1.165) is 12.8 Å². The van der Waals surface area contributed by atoms with Crippen molar-refractivity contribution < 1.29 is 23.4 Å². The van der Waals surface area contributed by atoms with Crippen molar-refractivity contribution in [3.05, 3.63) is 0 Å². The molecule has 18 heavy (non-hydrogen) atoms. The van der Waals surface area contributed by atoms with E-state index in [1.54, 1.807) is 11.8 Å². The molecule has 1 fully saturated rings. The zero-order valence-electron chi connectivity index (χ0n) is 10.6. The molecule has 1 saturated heterocycles. The molecule has 1 aliphatic heterocycles. The van der Waals surface area contributed by atoms with Crippen LogP contribution in [0.15, 0.2) is 0 Å². The smallest absolute Gasteiger partial charge is 0.261 e. The van der Waals surface area contributed by atoms with Gasteiger partial charge in [-0.05, 0) is 26.2 Å². The third-order valence-corrected chi connectivity index (χ3v) is 3.01. The number of aliphatic hydroxyl groups excluding tert-OH is 1. The lowest BCUT2D eigenvalue weighted by atomic mass is 10.1. The van der Waals surface area contributed by atoms with Crippen molar-refractivity contribution in [3.8, 4) is 0 Å². The van der Waals surface area contributed by atoms with Gasteiger partial charge < -0.3 is 14.7 Å². The quantitative estimate of drug-likeness (QED) is 0.708. The van der Waals surface area contributed by atoms with E-state index in [1.807, 2.05) is 0 Å². The van der Waals surface area contributed by atoms with E-state index in [4.69, 9.17) is 4.74 Å². The Labute approximate surface area is 106 Å². The number of halogens is 2. The van der Waals surface area contributed by atoms with Crippen molar-refractivity contribution >= 4 is 5.91 Å². The van der Waals surface area contributed by atoms with Gasteiger partial charge in [-0.2, -0.15) is 0 Å². The third-order valence-electron chi connectivity index (χ3n) is 3.01. The molecule has 4 nitrogen and oxygen atoms in total. The molecule has 106 valence electrons. The van der Waals surface area contributed by atoms with Gasteiger partial charge in [0.05, 0.1) is 19.1 Å². The van der Waals surface area contributed by atoms with Crippen molar-refractivity contribution in [2.75, 3.05) is 19.8 Å². The molecular formula is C12H21F2NO3. The van der Waals surface area contributed by atoms with Gasteiger partial charge in [-0.3, -0.25) is 4.79 Å². The van der Waals surface area contributed by atoms with Gasteiger partial charge in [0.2, 0.25) is 5.91 Å². The zero-order valence-corrected chi connectivity index (χ0v) is 10.6. The van der Waals surface area contributed by atoms with Gasteiger partial charge in [0.15, 0.2) is 0 Å². The van der Waals surface area contributed by atoms with Gasteiger partial charge in [0.25, 0.3) is 6.43 Å². The van der Waals surface area contributed by atoms with Crippen LogP contribution in [-0.4, -0.2) is 54.2 Å². The first-order chi connectivity index (χ1) is 8.50. The van der Waals surface area contributed by atoms with Crippen molar-refractivity contribution in [1.82, 2.24) is 4.90 Å². The summed E-state index contributed by atoms with van der Waals surface area (Å²) < 4.78 is 28.3. The van der Waals surface area contributed by atoms with Crippen LogP contribution in [0.5, 0.6) is 0 Å². The second kappa shape index (κ2) is 7.63. The molecule has 0 aromatic carbocycles. The summed E-state index contributed by atoms with van der Waals surface area (Å²) >= 11 is 0. The summed E-state index contributed by atoms with van der Waals surface area (Å²) in [7, 11) is 0. The maximum atomic E-state index is 11.9. The molecule has 0 radical (unpaired) electrons. The number of carbonyl (C=O) groups excluding carboxylic acids is 1. The van der Waals surface area contributed by atoms with E-state index < -0.39 is 19.1 Å². The fraction of sp³-hybridized carbons (Fsp3) is 0.917. The van der Waals surface area contributed by atoms with Crippen LogP contribution in [0.1, 0.15) is 32.6 Å². The lowest BCUT2D eigenvalue weighted by Crippen LogP contribution is -2.37. The zero-order chi connectivity index (χ0) is 13.5. The number of nitrogens with zero attached hydrogens (tertiary/aromatic N) is 1. The molecule has 2 unspecified atom stereocenters. The van der Waals surface area contributed by atoms with Gasteiger partial charge in [-0.15, -0.1) is 0 Å². The highest BCUT2D eigenvalue weighted by molar-refractivity contribution is 5.76. The fourth-order valence-corrected chi connectivity index (χ4v) is 2.28. The van der Waals surface area contributed by atoms with Gasteiger partial charge in [0, 0.05) is 12.6 Å². The number of carbonyl (C=O) groups is 1. The predicted molar refractivity (Wildman–Crippen MR) is 62.5 cm³/mol. The Morgan fingerprint density at radius 2 is 2.28 bits per heavy atom. The van der Waals surface area contributed by atoms with Crippen LogP contribution in [0, 0.1) is 0 Å². The Morgan fingerprint density at radius 3 is 2.89 bits per heavy atom. The third kappa shape index (κ3) is 5.27. The maximum Gasteiger partial charge on any atom is 0.261 e. The monoisotopic (exact) mass is 265 g/mol. The number of ether oxygens (including phenoxy) is 1. The predicted octanol–water partition coefficient (Wildman–Crippen LogP) is 1.42. The molecule has 1 rings (SSSR count). The average Bonchev–Trinajstić information content (AvgIpc) is 2.71. The number of likely N-dealkylation sites (tertiary alicyclic amines) is 1. The summed E-state index contributed by atoms with van der Waals surface area (Å²) in [6.07, 6.45) is -0.393. The van der Waals surface area contributed by atoms with Crippen molar-refractivity contribution in [1.29, 1.82) is 0 Å². The molecule has 0 saturated carbocycles. The molecule has 6 heteroatoms. The number of amides is 1. The second-order valence-corrected chi connectivity index (χ2v) is 4.68. The topological polar surface area (TPSA) is 49.8 Å². The molecule has 1 N–H and O–H groups in total. The van der Waals surface area contributed by atoms with Crippen LogP contribution in [0.2, 0.25) is 0 Å². The molecule has 1 amide bonds. The van der Waals surface area contributed by atoms with Crippen LogP contribution in [-0.2, 0) is 9.53 Å². The number of hydrogen-bond donors (Lipinski definition) is 1. The minimum atomic E-state index is -2.49.